The van der Waals surface area contributed by atoms with E-state index in [2.05, 4.69) is 20.2 Å². The van der Waals surface area contributed by atoms with E-state index in [1.165, 1.54) is 0 Å². The first-order chi connectivity index (χ1) is 4.54. The highest BCUT2D eigenvalue weighted by atomic mass is 28.2. The van der Waals surface area contributed by atoms with Crippen LogP contribution in [0.3, 0.4) is 0 Å². The zero-order valence-electron chi connectivity index (χ0n) is 6.52. The summed E-state index contributed by atoms with van der Waals surface area (Å²) in [6, 6.07) is 0. The molecular formula is C6H12NO2Si. The molecule has 0 saturated heterocycles. The molecule has 3 radical (unpaired) electrons. The van der Waals surface area contributed by atoms with Gasteiger partial charge in [0.1, 0.15) is 0 Å². The minimum Gasteiger partial charge on any atom is -0.516 e. The van der Waals surface area contributed by atoms with Crippen LogP contribution in [-0.2, 0) is 9.22 Å². The van der Waals surface area contributed by atoms with E-state index in [-0.39, 0.29) is 5.97 Å². The molecule has 0 aliphatic heterocycles. The Balaban J connectivity index is 3.96. The van der Waals surface area contributed by atoms with Crippen LogP contribution in [0.5, 0.6) is 0 Å². The lowest BCUT2D eigenvalue weighted by molar-refractivity contribution is -0.143. The Kier molecular flexibility index (Phi) is 3.60. The van der Waals surface area contributed by atoms with Crippen LogP contribution in [0.2, 0.25) is 0 Å². The van der Waals surface area contributed by atoms with Gasteiger partial charge < -0.3 is 9.74 Å². The minimum atomic E-state index is -0.462. The number of hydrogen-bond donors (Lipinski definition) is 1. The number of carbonyl (C=O) groups excluding carboxylic acids is 1. The Labute approximate surface area is 64.7 Å². The predicted octanol–water partition coefficient (Wildman–Crippen LogP) is -0.141. The molecule has 0 aliphatic rings. The fraction of sp³-hybridized carbons (Fsp3) is 0.833. The van der Waals surface area contributed by atoms with Crippen LogP contribution in [0.25, 0.3) is 0 Å². The van der Waals surface area contributed by atoms with Crippen LogP contribution in [0.4, 0.5) is 0 Å². The number of rotatable bonds is 3. The molecule has 0 aromatic heterocycles. The van der Waals surface area contributed by atoms with Crippen LogP contribution in [0.1, 0.15) is 13.8 Å². The Morgan fingerprint density at radius 2 is 2.20 bits per heavy atom. The number of carbonyl (C=O) groups is 1. The van der Waals surface area contributed by atoms with Crippen molar-refractivity contribution in [3.05, 3.63) is 0 Å². The molecule has 10 heavy (non-hydrogen) atoms. The van der Waals surface area contributed by atoms with Crippen molar-refractivity contribution >= 4 is 16.5 Å². The molecular weight excluding hydrogens is 146 g/mol. The van der Waals surface area contributed by atoms with E-state index in [4.69, 9.17) is 0 Å². The summed E-state index contributed by atoms with van der Waals surface area (Å²) < 4.78 is 4.39. The summed E-state index contributed by atoms with van der Waals surface area (Å²) in [5, 5.41) is 2.90. The van der Waals surface area contributed by atoms with Gasteiger partial charge in [0.15, 0.2) is 0 Å². The molecule has 4 heteroatoms. The minimum absolute atomic E-state index is 0.265. The second-order valence-electron chi connectivity index (χ2n) is 2.80. The number of nitrogens with one attached hydrogen (secondary N) is 1. The molecule has 0 aromatic carbocycles. The highest BCUT2D eigenvalue weighted by molar-refractivity contribution is 6.06. The molecule has 3 nitrogen and oxygen atoms in total. The van der Waals surface area contributed by atoms with Gasteiger partial charge in [-0.05, 0) is 20.9 Å². The van der Waals surface area contributed by atoms with Crippen LogP contribution in [-0.4, -0.2) is 30.0 Å². The standard InChI is InChI=1S/C6H12NO2Si/c1-6(2,4-7-3)5(8)9-10/h7H,4H2,1-3H3. The first-order valence-corrected chi connectivity index (χ1v) is 3.48. The Bertz CT molecular complexity index is 125. The average Bonchev–Trinajstić information content (AvgIpc) is 1.86. The fourth-order valence-electron chi connectivity index (χ4n) is 0.652. The highest BCUT2D eigenvalue weighted by Gasteiger charge is 2.26. The molecule has 0 unspecified atom stereocenters. The van der Waals surface area contributed by atoms with Gasteiger partial charge in [0.25, 0.3) is 5.97 Å². The zero-order valence-corrected chi connectivity index (χ0v) is 7.52. The van der Waals surface area contributed by atoms with Crippen LogP contribution in [0.15, 0.2) is 0 Å². The fourth-order valence-corrected chi connectivity index (χ4v) is 0.929. The van der Waals surface area contributed by atoms with E-state index < -0.39 is 5.41 Å². The van der Waals surface area contributed by atoms with Crippen LogP contribution < -0.4 is 5.32 Å². The second-order valence-corrected chi connectivity index (χ2v) is 3.01. The van der Waals surface area contributed by atoms with Crippen LogP contribution >= 0.6 is 0 Å². The third kappa shape index (κ3) is 2.49. The lowest BCUT2D eigenvalue weighted by Gasteiger charge is -2.20. The van der Waals surface area contributed by atoms with Gasteiger partial charge in [-0.3, -0.25) is 4.79 Å². The van der Waals surface area contributed by atoms with Crippen molar-refractivity contribution in [2.45, 2.75) is 13.8 Å². The Morgan fingerprint density at radius 3 is 2.50 bits per heavy atom. The summed E-state index contributed by atoms with van der Waals surface area (Å²) in [6.07, 6.45) is 0. The largest absolute Gasteiger partial charge is 0.516 e. The summed E-state index contributed by atoms with van der Waals surface area (Å²) in [4.78, 5) is 10.9. The van der Waals surface area contributed by atoms with Gasteiger partial charge in [-0.1, -0.05) is 0 Å². The third-order valence-corrected chi connectivity index (χ3v) is 1.45. The van der Waals surface area contributed by atoms with Crippen LogP contribution in [0, 0.1) is 5.41 Å². The smallest absolute Gasteiger partial charge is 0.345 e. The first-order valence-electron chi connectivity index (χ1n) is 3.07. The molecule has 0 amide bonds. The van der Waals surface area contributed by atoms with Gasteiger partial charge in [0.05, 0.1) is 5.41 Å². The maximum Gasteiger partial charge on any atom is 0.345 e. The first kappa shape index (κ1) is 9.65. The van der Waals surface area contributed by atoms with Gasteiger partial charge in [0.2, 0.25) is 0 Å². The van der Waals surface area contributed by atoms with E-state index in [0.717, 1.165) is 0 Å². The normalized spacial score (nSPS) is 11.2. The van der Waals surface area contributed by atoms with E-state index in [1.54, 1.807) is 7.05 Å². The molecule has 0 fully saturated rings. The second kappa shape index (κ2) is 3.73. The van der Waals surface area contributed by atoms with Gasteiger partial charge in [-0.25, -0.2) is 0 Å². The van der Waals surface area contributed by atoms with Gasteiger partial charge in [-0.2, -0.15) is 0 Å². The van der Waals surface area contributed by atoms with Gasteiger partial charge >= 0.3 is 10.5 Å². The average molecular weight is 158 g/mol. The molecule has 0 atom stereocenters. The van der Waals surface area contributed by atoms with Crippen molar-refractivity contribution in [2.24, 2.45) is 5.41 Å². The highest BCUT2D eigenvalue weighted by Crippen LogP contribution is 2.14. The number of hydrogen-bond acceptors (Lipinski definition) is 3. The Morgan fingerprint density at radius 1 is 1.70 bits per heavy atom. The van der Waals surface area contributed by atoms with Gasteiger partial charge in [-0.15, -0.1) is 0 Å². The molecule has 1 N–H and O–H groups in total. The van der Waals surface area contributed by atoms with E-state index in [0.29, 0.717) is 6.54 Å². The van der Waals surface area contributed by atoms with E-state index >= 15 is 0 Å². The maximum atomic E-state index is 10.9. The summed E-state index contributed by atoms with van der Waals surface area (Å²) in [5.74, 6) is -0.265. The van der Waals surface area contributed by atoms with Gasteiger partial charge in [0, 0.05) is 6.54 Å². The molecule has 0 aliphatic carbocycles. The van der Waals surface area contributed by atoms with Crippen molar-refractivity contribution < 1.29 is 9.22 Å². The molecule has 57 valence electrons. The summed E-state index contributed by atoms with van der Waals surface area (Å²) in [5.41, 5.74) is -0.462. The van der Waals surface area contributed by atoms with Crippen molar-refractivity contribution in [2.75, 3.05) is 13.6 Å². The van der Waals surface area contributed by atoms with E-state index in [9.17, 15) is 4.79 Å². The lowest BCUT2D eigenvalue weighted by atomic mass is 9.94. The monoisotopic (exact) mass is 158 g/mol. The Hall–Kier alpha value is -0.353. The van der Waals surface area contributed by atoms with Crippen molar-refractivity contribution in [1.29, 1.82) is 0 Å². The quantitative estimate of drug-likeness (QED) is 0.581. The third-order valence-electron chi connectivity index (χ3n) is 1.26. The summed E-state index contributed by atoms with van der Waals surface area (Å²) in [7, 11) is 4.48. The van der Waals surface area contributed by atoms with Crippen molar-refractivity contribution in [3.63, 3.8) is 0 Å². The lowest BCUT2D eigenvalue weighted by Crippen LogP contribution is -2.35. The topological polar surface area (TPSA) is 38.3 Å². The zero-order chi connectivity index (χ0) is 8.20. The molecule has 0 heterocycles. The summed E-state index contributed by atoms with van der Waals surface area (Å²) in [6.45, 7) is 4.23. The molecule has 0 bridgehead atoms. The SMILES string of the molecule is CNCC(C)(C)C(=O)O[Si]. The molecule has 0 aromatic rings. The summed E-state index contributed by atoms with van der Waals surface area (Å²) >= 11 is 0. The maximum absolute atomic E-state index is 10.9. The van der Waals surface area contributed by atoms with E-state index in [1.807, 2.05) is 13.8 Å². The molecule has 0 spiro atoms. The molecule has 0 saturated carbocycles. The predicted molar refractivity (Wildman–Crippen MR) is 39.6 cm³/mol. The van der Waals surface area contributed by atoms with Crippen molar-refractivity contribution in [1.82, 2.24) is 5.32 Å². The van der Waals surface area contributed by atoms with Crippen molar-refractivity contribution in [3.8, 4) is 0 Å². The molecule has 0 rings (SSSR count).